The minimum Gasteiger partial charge on any atom is -0.455 e. The molecule has 1 fully saturated rings. The molecule has 0 aromatic heterocycles. The van der Waals surface area contributed by atoms with Crippen molar-refractivity contribution in [2.75, 3.05) is 6.61 Å². The van der Waals surface area contributed by atoms with Crippen LogP contribution in [-0.4, -0.2) is 57.4 Å². The van der Waals surface area contributed by atoms with Crippen LogP contribution in [0.15, 0.2) is 0 Å². The van der Waals surface area contributed by atoms with Gasteiger partial charge in [0.15, 0.2) is 12.2 Å². The van der Waals surface area contributed by atoms with Gasteiger partial charge in [-0.25, -0.2) is 4.79 Å². The van der Waals surface area contributed by atoms with Crippen LogP contribution in [0.5, 0.6) is 0 Å². The first-order valence-corrected chi connectivity index (χ1v) is 3.43. The first-order valence-electron chi connectivity index (χ1n) is 3.43. The summed E-state index contributed by atoms with van der Waals surface area (Å²) in [5, 5.41) is 35.3. The summed E-state index contributed by atoms with van der Waals surface area (Å²) in [6, 6.07) is 0. The molecule has 1 saturated heterocycles. The van der Waals surface area contributed by atoms with Crippen molar-refractivity contribution < 1.29 is 30.0 Å². The predicted molar refractivity (Wildman–Crippen MR) is 35.0 cm³/mol. The molecule has 4 N–H and O–H groups in total. The van der Waals surface area contributed by atoms with Crippen molar-refractivity contribution in [1.82, 2.24) is 0 Å². The minimum atomic E-state index is -1.63. The Morgan fingerprint density at radius 1 is 1.50 bits per heavy atom. The second-order valence-corrected chi connectivity index (χ2v) is 2.59. The van der Waals surface area contributed by atoms with Gasteiger partial charge in [-0.15, -0.1) is 0 Å². The number of carbonyl (C=O) groups is 1. The maximum absolute atomic E-state index is 10.6. The van der Waals surface area contributed by atoms with Crippen LogP contribution in [0.1, 0.15) is 0 Å². The van der Waals surface area contributed by atoms with E-state index >= 15 is 0 Å². The van der Waals surface area contributed by atoms with E-state index in [1.54, 1.807) is 0 Å². The predicted octanol–water partition coefficient (Wildman–Crippen LogP) is -3.01. The highest BCUT2D eigenvalue weighted by atomic mass is 16.6. The zero-order valence-electron chi connectivity index (χ0n) is 6.12. The number of aliphatic hydroxyl groups is 4. The SMILES string of the molecule is O=C1O[C@@H]([C@@H](O)CO)[C@H](O)C1O. The van der Waals surface area contributed by atoms with Gasteiger partial charge in [0.2, 0.25) is 0 Å². The molecule has 0 saturated carbocycles. The summed E-state index contributed by atoms with van der Waals surface area (Å²) in [7, 11) is 0. The Balaban J connectivity index is 2.64. The van der Waals surface area contributed by atoms with Crippen molar-refractivity contribution in [3.63, 3.8) is 0 Å². The van der Waals surface area contributed by atoms with Gasteiger partial charge in [0.25, 0.3) is 0 Å². The smallest absolute Gasteiger partial charge is 0.338 e. The third-order valence-corrected chi connectivity index (χ3v) is 1.72. The first-order chi connectivity index (χ1) is 5.57. The molecule has 1 aliphatic heterocycles. The van der Waals surface area contributed by atoms with Crippen LogP contribution in [0.2, 0.25) is 0 Å². The summed E-state index contributed by atoms with van der Waals surface area (Å²) in [5.74, 6) is -0.986. The summed E-state index contributed by atoms with van der Waals surface area (Å²) in [6.07, 6.45) is -5.70. The molecule has 1 rings (SSSR count). The molecule has 0 spiro atoms. The second-order valence-electron chi connectivity index (χ2n) is 2.59. The van der Waals surface area contributed by atoms with Crippen LogP contribution >= 0.6 is 0 Å². The molecule has 0 bridgehead atoms. The van der Waals surface area contributed by atoms with E-state index in [9.17, 15) is 4.79 Å². The Labute approximate surface area is 68.0 Å². The van der Waals surface area contributed by atoms with E-state index in [4.69, 9.17) is 20.4 Å². The molecule has 0 amide bonds. The number of aliphatic hydroxyl groups excluding tert-OH is 4. The molecule has 6 heteroatoms. The van der Waals surface area contributed by atoms with Gasteiger partial charge in [0, 0.05) is 0 Å². The van der Waals surface area contributed by atoms with E-state index in [2.05, 4.69) is 4.74 Å². The lowest BCUT2D eigenvalue weighted by atomic mass is 10.1. The molecule has 1 aliphatic rings. The van der Waals surface area contributed by atoms with Crippen LogP contribution in [0, 0.1) is 0 Å². The summed E-state index contributed by atoms with van der Waals surface area (Å²) < 4.78 is 4.39. The number of rotatable bonds is 2. The molecule has 12 heavy (non-hydrogen) atoms. The van der Waals surface area contributed by atoms with Crippen LogP contribution in [0.4, 0.5) is 0 Å². The summed E-state index contributed by atoms with van der Waals surface area (Å²) in [4.78, 5) is 10.6. The van der Waals surface area contributed by atoms with E-state index in [0.29, 0.717) is 0 Å². The van der Waals surface area contributed by atoms with E-state index in [0.717, 1.165) is 0 Å². The van der Waals surface area contributed by atoms with Crippen LogP contribution in [0.3, 0.4) is 0 Å². The molecule has 1 heterocycles. The summed E-state index contributed by atoms with van der Waals surface area (Å²) >= 11 is 0. The monoisotopic (exact) mass is 178 g/mol. The third-order valence-electron chi connectivity index (χ3n) is 1.72. The Morgan fingerprint density at radius 3 is 2.42 bits per heavy atom. The normalized spacial score (nSPS) is 38.0. The highest BCUT2D eigenvalue weighted by Gasteiger charge is 2.45. The maximum atomic E-state index is 10.6. The largest absolute Gasteiger partial charge is 0.455 e. The average molecular weight is 178 g/mol. The van der Waals surface area contributed by atoms with Crippen molar-refractivity contribution in [3.05, 3.63) is 0 Å². The number of hydrogen-bond donors (Lipinski definition) is 4. The van der Waals surface area contributed by atoms with E-state index in [1.165, 1.54) is 0 Å². The van der Waals surface area contributed by atoms with E-state index in [1.807, 2.05) is 0 Å². The molecule has 0 aromatic carbocycles. The van der Waals surface area contributed by atoms with Gasteiger partial charge in [0.05, 0.1) is 6.61 Å². The Morgan fingerprint density at radius 2 is 2.08 bits per heavy atom. The zero-order chi connectivity index (χ0) is 9.30. The van der Waals surface area contributed by atoms with Crippen molar-refractivity contribution >= 4 is 5.97 Å². The number of esters is 1. The van der Waals surface area contributed by atoms with Crippen molar-refractivity contribution in [3.8, 4) is 0 Å². The van der Waals surface area contributed by atoms with E-state index < -0.39 is 37.0 Å². The summed E-state index contributed by atoms with van der Waals surface area (Å²) in [6.45, 7) is -0.637. The van der Waals surface area contributed by atoms with Crippen molar-refractivity contribution in [2.45, 2.75) is 24.4 Å². The number of carbonyl (C=O) groups excluding carboxylic acids is 1. The van der Waals surface area contributed by atoms with Gasteiger partial charge >= 0.3 is 5.97 Å². The molecular formula is C6H10O6. The third kappa shape index (κ3) is 1.42. The molecule has 1 unspecified atom stereocenters. The van der Waals surface area contributed by atoms with E-state index in [-0.39, 0.29) is 0 Å². The molecule has 6 nitrogen and oxygen atoms in total. The second kappa shape index (κ2) is 3.36. The van der Waals surface area contributed by atoms with Crippen molar-refractivity contribution in [2.24, 2.45) is 0 Å². The standard InChI is InChI=1S/C6H10O6/c7-1-2(8)5-3(9)4(10)6(11)12-5/h2-5,7-10H,1H2/t2-,3+,4?,5-/m0/s1. The fraction of sp³-hybridized carbons (Fsp3) is 0.833. The fourth-order valence-corrected chi connectivity index (χ4v) is 1.00. The quantitative estimate of drug-likeness (QED) is 0.335. The Kier molecular flexibility index (Phi) is 2.63. The Hall–Kier alpha value is -0.690. The maximum Gasteiger partial charge on any atom is 0.338 e. The molecule has 0 aliphatic carbocycles. The molecular weight excluding hydrogens is 168 g/mol. The fourth-order valence-electron chi connectivity index (χ4n) is 1.00. The lowest BCUT2D eigenvalue weighted by Crippen LogP contribution is -2.40. The van der Waals surface area contributed by atoms with Gasteiger partial charge in [-0.3, -0.25) is 0 Å². The van der Waals surface area contributed by atoms with Crippen LogP contribution < -0.4 is 0 Å². The highest BCUT2D eigenvalue weighted by molar-refractivity contribution is 5.77. The Bertz CT molecular complexity index is 181. The van der Waals surface area contributed by atoms with Crippen molar-refractivity contribution in [1.29, 1.82) is 0 Å². The van der Waals surface area contributed by atoms with Gasteiger partial charge < -0.3 is 25.2 Å². The number of hydrogen-bond acceptors (Lipinski definition) is 6. The van der Waals surface area contributed by atoms with Crippen LogP contribution in [0.25, 0.3) is 0 Å². The molecule has 0 aromatic rings. The van der Waals surface area contributed by atoms with Gasteiger partial charge in [-0.05, 0) is 0 Å². The van der Waals surface area contributed by atoms with Crippen LogP contribution in [-0.2, 0) is 9.53 Å². The average Bonchev–Trinajstić information content (AvgIpc) is 2.32. The highest BCUT2D eigenvalue weighted by Crippen LogP contribution is 2.18. The molecule has 4 atom stereocenters. The van der Waals surface area contributed by atoms with Gasteiger partial charge in [-0.2, -0.15) is 0 Å². The molecule has 70 valence electrons. The number of ether oxygens (including phenoxy) is 1. The summed E-state index contributed by atoms with van der Waals surface area (Å²) in [5.41, 5.74) is 0. The first kappa shape index (κ1) is 9.40. The minimum absolute atomic E-state index is 0.637. The topological polar surface area (TPSA) is 107 Å². The number of cyclic esters (lactones) is 1. The lowest BCUT2D eigenvalue weighted by molar-refractivity contribution is -0.151. The van der Waals surface area contributed by atoms with Gasteiger partial charge in [0.1, 0.15) is 12.2 Å². The molecule has 0 radical (unpaired) electrons. The lowest BCUT2D eigenvalue weighted by Gasteiger charge is -2.17. The van der Waals surface area contributed by atoms with Gasteiger partial charge in [-0.1, -0.05) is 0 Å². The zero-order valence-corrected chi connectivity index (χ0v) is 6.12.